The zero-order valence-corrected chi connectivity index (χ0v) is 12.8. The summed E-state index contributed by atoms with van der Waals surface area (Å²) in [5, 5.41) is 0. The van der Waals surface area contributed by atoms with E-state index in [2.05, 4.69) is 40.8 Å². The molecule has 2 atom stereocenters. The van der Waals surface area contributed by atoms with Crippen molar-refractivity contribution in [2.75, 3.05) is 44.4 Å². The van der Waals surface area contributed by atoms with Crippen molar-refractivity contribution < 1.29 is 4.74 Å². The Bertz CT molecular complexity index is 451. The molecule has 2 rings (SSSR count). The summed E-state index contributed by atoms with van der Waals surface area (Å²) < 4.78 is 5.37. The molecule has 20 heavy (non-hydrogen) atoms. The molecule has 2 heterocycles. The molecule has 0 aliphatic carbocycles. The normalized spacial score (nSPS) is 22.8. The van der Waals surface area contributed by atoms with Gasteiger partial charge >= 0.3 is 0 Å². The fourth-order valence-corrected chi connectivity index (χ4v) is 2.73. The lowest BCUT2D eigenvalue weighted by atomic mass is 10.1. The minimum Gasteiger partial charge on any atom is -0.384 e. The monoisotopic (exact) mass is 279 g/mol. The van der Waals surface area contributed by atoms with Gasteiger partial charge in [-0.2, -0.15) is 0 Å². The molecule has 1 aliphatic heterocycles. The third kappa shape index (κ3) is 3.37. The SMILES string of the molecule is CCOCc1nc(N)cc(N2CC(C)C(N(C)C)C2)n1. The van der Waals surface area contributed by atoms with Crippen LogP contribution in [0.1, 0.15) is 19.7 Å². The van der Waals surface area contributed by atoms with E-state index < -0.39 is 0 Å². The van der Waals surface area contributed by atoms with E-state index in [0.717, 1.165) is 18.9 Å². The fraction of sp³-hybridized carbons (Fsp3) is 0.714. The van der Waals surface area contributed by atoms with Crippen LogP contribution in [0.3, 0.4) is 0 Å². The molecule has 0 bridgehead atoms. The van der Waals surface area contributed by atoms with Gasteiger partial charge in [-0.05, 0) is 26.9 Å². The van der Waals surface area contributed by atoms with Gasteiger partial charge in [0.2, 0.25) is 0 Å². The van der Waals surface area contributed by atoms with Gasteiger partial charge in [0.1, 0.15) is 18.2 Å². The van der Waals surface area contributed by atoms with Crippen LogP contribution in [0, 0.1) is 5.92 Å². The van der Waals surface area contributed by atoms with Gasteiger partial charge in [0.25, 0.3) is 0 Å². The van der Waals surface area contributed by atoms with Crippen molar-refractivity contribution in [1.82, 2.24) is 14.9 Å². The third-order valence-electron chi connectivity index (χ3n) is 3.77. The number of nitrogen functional groups attached to an aromatic ring is 1. The molecular formula is C14H25N5O. The fourth-order valence-electron chi connectivity index (χ4n) is 2.73. The summed E-state index contributed by atoms with van der Waals surface area (Å²) >= 11 is 0. The van der Waals surface area contributed by atoms with Gasteiger partial charge < -0.3 is 20.3 Å². The maximum atomic E-state index is 5.88. The van der Waals surface area contributed by atoms with Crippen LogP contribution in [0.5, 0.6) is 0 Å². The van der Waals surface area contributed by atoms with Gasteiger partial charge in [-0.1, -0.05) is 6.92 Å². The number of hydrogen-bond acceptors (Lipinski definition) is 6. The first-order chi connectivity index (χ1) is 9.51. The number of nitrogens with zero attached hydrogens (tertiary/aromatic N) is 4. The number of nitrogens with two attached hydrogens (primary N) is 1. The highest BCUT2D eigenvalue weighted by Crippen LogP contribution is 2.25. The Hall–Kier alpha value is -1.40. The lowest BCUT2D eigenvalue weighted by Crippen LogP contribution is -2.34. The number of likely N-dealkylation sites (N-methyl/N-ethyl adjacent to an activating group) is 1. The van der Waals surface area contributed by atoms with Crippen molar-refractivity contribution in [1.29, 1.82) is 0 Å². The molecule has 6 heteroatoms. The van der Waals surface area contributed by atoms with E-state index in [9.17, 15) is 0 Å². The average molecular weight is 279 g/mol. The Balaban J connectivity index is 2.14. The topological polar surface area (TPSA) is 67.5 Å². The molecule has 112 valence electrons. The van der Waals surface area contributed by atoms with Crippen molar-refractivity contribution in [2.24, 2.45) is 5.92 Å². The van der Waals surface area contributed by atoms with Crippen molar-refractivity contribution in [3.8, 4) is 0 Å². The molecule has 6 nitrogen and oxygen atoms in total. The van der Waals surface area contributed by atoms with Gasteiger partial charge in [0.05, 0.1) is 0 Å². The van der Waals surface area contributed by atoms with Crippen molar-refractivity contribution >= 4 is 11.6 Å². The number of aromatic nitrogens is 2. The molecule has 1 aromatic heterocycles. The average Bonchev–Trinajstić information content (AvgIpc) is 2.78. The highest BCUT2D eigenvalue weighted by molar-refractivity contribution is 5.48. The van der Waals surface area contributed by atoms with E-state index in [0.29, 0.717) is 36.8 Å². The Morgan fingerprint density at radius 1 is 1.40 bits per heavy atom. The maximum absolute atomic E-state index is 5.88. The van der Waals surface area contributed by atoms with Crippen molar-refractivity contribution in [3.63, 3.8) is 0 Å². The van der Waals surface area contributed by atoms with Crippen LogP contribution in [-0.2, 0) is 11.3 Å². The van der Waals surface area contributed by atoms with Gasteiger partial charge in [0.15, 0.2) is 5.82 Å². The second-order valence-corrected chi connectivity index (χ2v) is 5.62. The molecule has 0 saturated carbocycles. The zero-order chi connectivity index (χ0) is 14.7. The van der Waals surface area contributed by atoms with E-state index >= 15 is 0 Å². The van der Waals surface area contributed by atoms with Crippen molar-refractivity contribution in [3.05, 3.63) is 11.9 Å². The summed E-state index contributed by atoms with van der Waals surface area (Å²) in [6.45, 7) is 7.26. The molecule has 2 unspecified atom stereocenters. The predicted octanol–water partition coefficient (Wildman–Crippen LogP) is 0.982. The minimum absolute atomic E-state index is 0.412. The minimum atomic E-state index is 0.412. The molecule has 1 saturated heterocycles. The van der Waals surface area contributed by atoms with Gasteiger partial charge in [0, 0.05) is 31.8 Å². The van der Waals surface area contributed by atoms with Crippen LogP contribution in [0.4, 0.5) is 11.6 Å². The summed E-state index contributed by atoms with van der Waals surface area (Å²) in [7, 11) is 4.25. The zero-order valence-electron chi connectivity index (χ0n) is 12.8. The highest BCUT2D eigenvalue weighted by atomic mass is 16.5. The first kappa shape index (κ1) is 15.0. The highest BCUT2D eigenvalue weighted by Gasteiger charge is 2.31. The van der Waals surface area contributed by atoms with E-state index in [1.54, 1.807) is 0 Å². The smallest absolute Gasteiger partial charge is 0.158 e. The first-order valence-corrected chi connectivity index (χ1v) is 7.13. The number of ether oxygens (including phenoxy) is 1. The summed E-state index contributed by atoms with van der Waals surface area (Å²) in [5.41, 5.74) is 5.88. The number of anilines is 2. The molecule has 1 aromatic rings. The van der Waals surface area contributed by atoms with Crippen LogP contribution in [0.25, 0.3) is 0 Å². The van der Waals surface area contributed by atoms with Gasteiger partial charge in [-0.25, -0.2) is 9.97 Å². The molecule has 1 aliphatic rings. The Labute approximate surface area is 120 Å². The van der Waals surface area contributed by atoms with E-state index in [4.69, 9.17) is 10.5 Å². The van der Waals surface area contributed by atoms with Crippen LogP contribution in [0.15, 0.2) is 6.07 Å². The number of rotatable bonds is 5. The van der Waals surface area contributed by atoms with Crippen LogP contribution in [-0.4, -0.2) is 54.7 Å². The summed E-state index contributed by atoms with van der Waals surface area (Å²) in [5.74, 6) is 2.67. The summed E-state index contributed by atoms with van der Waals surface area (Å²) in [4.78, 5) is 13.3. The molecule has 2 N–H and O–H groups in total. The Morgan fingerprint density at radius 3 is 2.75 bits per heavy atom. The Morgan fingerprint density at radius 2 is 2.15 bits per heavy atom. The van der Waals surface area contributed by atoms with E-state index in [-0.39, 0.29) is 0 Å². The van der Waals surface area contributed by atoms with E-state index in [1.165, 1.54) is 0 Å². The molecule has 0 amide bonds. The van der Waals surface area contributed by atoms with Crippen molar-refractivity contribution in [2.45, 2.75) is 26.5 Å². The van der Waals surface area contributed by atoms with Crippen LogP contribution < -0.4 is 10.6 Å². The maximum Gasteiger partial charge on any atom is 0.158 e. The Kier molecular flexibility index (Phi) is 4.77. The quantitative estimate of drug-likeness (QED) is 0.866. The lowest BCUT2D eigenvalue weighted by Gasteiger charge is -2.22. The van der Waals surface area contributed by atoms with Crippen LogP contribution >= 0.6 is 0 Å². The predicted molar refractivity (Wildman–Crippen MR) is 80.6 cm³/mol. The molecule has 0 spiro atoms. The summed E-state index contributed by atoms with van der Waals surface area (Å²) in [6, 6.07) is 2.39. The first-order valence-electron chi connectivity index (χ1n) is 7.13. The van der Waals surface area contributed by atoms with Gasteiger partial charge in [-0.15, -0.1) is 0 Å². The molecule has 0 aromatic carbocycles. The molecule has 0 radical (unpaired) electrons. The standard InChI is InChI=1S/C14H25N5O/c1-5-20-9-13-16-12(15)6-14(17-13)19-7-10(2)11(8-19)18(3)4/h6,10-11H,5,7-9H2,1-4H3,(H2,15,16,17). The largest absolute Gasteiger partial charge is 0.384 e. The molecular weight excluding hydrogens is 254 g/mol. The number of hydrogen-bond donors (Lipinski definition) is 1. The lowest BCUT2D eigenvalue weighted by molar-refractivity contribution is 0.128. The molecule has 1 fully saturated rings. The van der Waals surface area contributed by atoms with E-state index in [1.807, 2.05) is 13.0 Å². The second kappa shape index (κ2) is 6.37. The second-order valence-electron chi connectivity index (χ2n) is 5.62. The third-order valence-corrected chi connectivity index (χ3v) is 3.77. The van der Waals surface area contributed by atoms with Crippen LogP contribution in [0.2, 0.25) is 0 Å². The van der Waals surface area contributed by atoms with Gasteiger partial charge in [-0.3, -0.25) is 0 Å². The summed E-state index contributed by atoms with van der Waals surface area (Å²) in [6.07, 6.45) is 0.